The number of halogens is 1. The van der Waals surface area contributed by atoms with Crippen molar-refractivity contribution in [2.45, 2.75) is 32.5 Å². The summed E-state index contributed by atoms with van der Waals surface area (Å²) in [6, 6.07) is 5.99. The van der Waals surface area contributed by atoms with Crippen LogP contribution in [0.4, 0.5) is 10.2 Å². The molecule has 2 N–H and O–H groups in total. The molecule has 1 aliphatic heterocycles. The molecule has 0 radical (unpaired) electrons. The Labute approximate surface area is 179 Å². The van der Waals surface area contributed by atoms with Crippen LogP contribution < -0.4 is 15.4 Å². The predicted molar refractivity (Wildman–Crippen MR) is 114 cm³/mol. The molecule has 1 atom stereocenters. The van der Waals surface area contributed by atoms with E-state index in [4.69, 9.17) is 14.3 Å². The van der Waals surface area contributed by atoms with E-state index in [1.165, 1.54) is 12.1 Å². The SMILES string of the molecule is COCCOc1ccc(F)cc1[C@@H](C)Nc1ccn2ncc(C3=NOC(C)(C)N3)c2n1. The zero-order valence-corrected chi connectivity index (χ0v) is 17.8. The van der Waals surface area contributed by atoms with E-state index >= 15 is 0 Å². The molecule has 2 aromatic heterocycles. The molecule has 0 spiro atoms. The second-order valence-corrected chi connectivity index (χ2v) is 7.70. The monoisotopic (exact) mass is 428 g/mol. The van der Waals surface area contributed by atoms with Crippen molar-refractivity contribution in [3.05, 3.63) is 53.6 Å². The van der Waals surface area contributed by atoms with Crippen LogP contribution in [0.3, 0.4) is 0 Å². The molecule has 0 unspecified atom stereocenters. The van der Waals surface area contributed by atoms with Crippen LogP contribution in [0, 0.1) is 5.82 Å². The highest BCUT2D eigenvalue weighted by atomic mass is 19.1. The normalized spacial score (nSPS) is 15.8. The van der Waals surface area contributed by atoms with Crippen LogP contribution in [-0.4, -0.2) is 46.5 Å². The molecule has 31 heavy (non-hydrogen) atoms. The molecule has 3 aromatic rings. The van der Waals surface area contributed by atoms with Crippen molar-refractivity contribution in [2.24, 2.45) is 5.16 Å². The number of oxime groups is 1. The summed E-state index contributed by atoms with van der Waals surface area (Å²) >= 11 is 0. The Hall–Kier alpha value is -3.40. The average molecular weight is 428 g/mol. The third-order valence-corrected chi connectivity index (χ3v) is 4.76. The van der Waals surface area contributed by atoms with E-state index in [-0.39, 0.29) is 11.9 Å². The highest BCUT2D eigenvalue weighted by Gasteiger charge is 2.30. The van der Waals surface area contributed by atoms with Crippen LogP contribution in [-0.2, 0) is 9.57 Å². The predicted octanol–water partition coefficient (Wildman–Crippen LogP) is 3.08. The first kappa shape index (κ1) is 20.9. The van der Waals surface area contributed by atoms with Gasteiger partial charge in [-0.25, -0.2) is 13.9 Å². The van der Waals surface area contributed by atoms with Crippen molar-refractivity contribution in [1.29, 1.82) is 0 Å². The first-order valence-electron chi connectivity index (χ1n) is 9.93. The maximum Gasteiger partial charge on any atom is 0.203 e. The van der Waals surface area contributed by atoms with Crippen LogP contribution in [0.5, 0.6) is 5.75 Å². The summed E-state index contributed by atoms with van der Waals surface area (Å²) in [6.07, 6.45) is 3.48. The van der Waals surface area contributed by atoms with Crippen molar-refractivity contribution in [3.8, 4) is 5.75 Å². The maximum absolute atomic E-state index is 13.9. The summed E-state index contributed by atoms with van der Waals surface area (Å²) in [6.45, 7) is 6.49. The largest absolute Gasteiger partial charge is 0.491 e. The second-order valence-electron chi connectivity index (χ2n) is 7.70. The first-order chi connectivity index (χ1) is 14.9. The quantitative estimate of drug-likeness (QED) is 0.533. The molecule has 10 heteroatoms. The molecule has 4 rings (SSSR count). The number of fused-ring (bicyclic) bond motifs is 1. The fourth-order valence-electron chi connectivity index (χ4n) is 3.25. The highest BCUT2D eigenvalue weighted by Crippen LogP contribution is 2.29. The number of hydrogen-bond acceptors (Lipinski definition) is 8. The van der Waals surface area contributed by atoms with Gasteiger partial charge in [-0.05, 0) is 45.0 Å². The van der Waals surface area contributed by atoms with Crippen molar-refractivity contribution in [2.75, 3.05) is 25.6 Å². The van der Waals surface area contributed by atoms with Gasteiger partial charge >= 0.3 is 0 Å². The molecule has 3 heterocycles. The van der Waals surface area contributed by atoms with Crippen LogP contribution >= 0.6 is 0 Å². The maximum atomic E-state index is 13.9. The smallest absolute Gasteiger partial charge is 0.203 e. The van der Waals surface area contributed by atoms with Gasteiger partial charge in [-0.2, -0.15) is 5.10 Å². The number of rotatable bonds is 8. The van der Waals surface area contributed by atoms with Gasteiger partial charge in [-0.15, -0.1) is 0 Å². The van der Waals surface area contributed by atoms with Crippen molar-refractivity contribution >= 4 is 17.3 Å². The number of nitrogens with zero attached hydrogens (tertiary/aromatic N) is 4. The zero-order valence-electron chi connectivity index (χ0n) is 17.8. The van der Waals surface area contributed by atoms with Crippen LogP contribution in [0.1, 0.15) is 37.9 Å². The van der Waals surface area contributed by atoms with Gasteiger partial charge in [0.1, 0.15) is 24.0 Å². The molecular formula is C21H25FN6O3. The lowest BCUT2D eigenvalue weighted by Crippen LogP contribution is -2.38. The van der Waals surface area contributed by atoms with Crippen molar-refractivity contribution in [1.82, 2.24) is 19.9 Å². The fraction of sp³-hybridized carbons (Fsp3) is 0.381. The van der Waals surface area contributed by atoms with Gasteiger partial charge in [0.05, 0.1) is 24.4 Å². The van der Waals surface area contributed by atoms with E-state index in [2.05, 4.69) is 25.9 Å². The lowest BCUT2D eigenvalue weighted by molar-refractivity contribution is -0.00234. The molecule has 0 saturated carbocycles. The minimum Gasteiger partial charge on any atom is -0.491 e. The van der Waals surface area contributed by atoms with Gasteiger partial charge < -0.3 is 24.9 Å². The van der Waals surface area contributed by atoms with Gasteiger partial charge in [0.15, 0.2) is 11.5 Å². The topological polar surface area (TPSA) is 94.3 Å². The Kier molecular flexibility index (Phi) is 5.64. The van der Waals surface area contributed by atoms with Gasteiger partial charge in [0.25, 0.3) is 0 Å². The summed E-state index contributed by atoms with van der Waals surface area (Å²) in [4.78, 5) is 10.1. The van der Waals surface area contributed by atoms with E-state index in [0.29, 0.717) is 41.8 Å². The Balaban J connectivity index is 1.58. The minimum atomic E-state index is -0.593. The minimum absolute atomic E-state index is 0.265. The zero-order chi connectivity index (χ0) is 22.0. The number of aromatic nitrogens is 3. The number of nitrogens with one attached hydrogen (secondary N) is 2. The second kappa shape index (κ2) is 8.38. The van der Waals surface area contributed by atoms with E-state index in [1.807, 2.05) is 20.8 Å². The van der Waals surface area contributed by atoms with E-state index in [1.54, 1.807) is 36.2 Å². The Bertz CT molecular complexity index is 1110. The summed E-state index contributed by atoms with van der Waals surface area (Å²) in [5.41, 5.74) is 1.42. The average Bonchev–Trinajstić information content (AvgIpc) is 3.31. The van der Waals surface area contributed by atoms with Crippen LogP contribution in [0.15, 0.2) is 41.8 Å². The number of amidine groups is 1. The summed E-state index contributed by atoms with van der Waals surface area (Å²) in [7, 11) is 1.60. The highest BCUT2D eigenvalue weighted by molar-refractivity contribution is 6.04. The summed E-state index contributed by atoms with van der Waals surface area (Å²) < 4.78 is 26.4. The van der Waals surface area contributed by atoms with Crippen molar-refractivity contribution in [3.63, 3.8) is 0 Å². The molecule has 0 bridgehead atoms. The molecular weight excluding hydrogens is 403 g/mol. The Morgan fingerprint density at radius 1 is 1.29 bits per heavy atom. The van der Waals surface area contributed by atoms with E-state index in [9.17, 15) is 4.39 Å². The van der Waals surface area contributed by atoms with Gasteiger partial charge in [0.2, 0.25) is 5.72 Å². The molecule has 9 nitrogen and oxygen atoms in total. The van der Waals surface area contributed by atoms with E-state index in [0.717, 1.165) is 5.56 Å². The van der Waals surface area contributed by atoms with Crippen LogP contribution in [0.2, 0.25) is 0 Å². The first-order valence-corrected chi connectivity index (χ1v) is 9.93. The number of benzene rings is 1. The Morgan fingerprint density at radius 3 is 2.87 bits per heavy atom. The fourth-order valence-corrected chi connectivity index (χ4v) is 3.25. The molecule has 1 aliphatic rings. The van der Waals surface area contributed by atoms with Gasteiger partial charge in [0, 0.05) is 18.9 Å². The van der Waals surface area contributed by atoms with E-state index < -0.39 is 5.72 Å². The van der Waals surface area contributed by atoms with Gasteiger partial charge in [-0.1, -0.05) is 5.16 Å². The molecule has 1 aromatic carbocycles. The van der Waals surface area contributed by atoms with Crippen LogP contribution in [0.25, 0.3) is 5.65 Å². The Morgan fingerprint density at radius 2 is 2.13 bits per heavy atom. The molecule has 0 fully saturated rings. The number of ether oxygens (including phenoxy) is 2. The number of hydrogen-bond donors (Lipinski definition) is 2. The third kappa shape index (κ3) is 4.53. The molecule has 0 aliphatic carbocycles. The van der Waals surface area contributed by atoms with Gasteiger partial charge in [-0.3, -0.25) is 0 Å². The number of methoxy groups -OCH3 is 1. The number of anilines is 1. The molecule has 0 amide bonds. The summed E-state index contributed by atoms with van der Waals surface area (Å²) in [5, 5.41) is 14.9. The van der Waals surface area contributed by atoms with Crippen molar-refractivity contribution < 1.29 is 18.7 Å². The molecule has 0 saturated heterocycles. The summed E-state index contributed by atoms with van der Waals surface area (Å²) in [5.74, 6) is 1.43. The third-order valence-electron chi connectivity index (χ3n) is 4.76. The standard InChI is InChI=1S/C21H25FN6O3/c1-13(15-11-14(22)5-6-17(15)30-10-9-29-4)24-18-7-8-28-20(25-18)16(12-23-28)19-26-21(2,3)31-27-19/h5-8,11-13H,9-10H2,1-4H3,(H,24,25)(H,26,27)/t13-/m1/s1. The lowest BCUT2D eigenvalue weighted by atomic mass is 10.1. The lowest BCUT2D eigenvalue weighted by Gasteiger charge is -2.19. The molecule has 164 valence electrons.